The summed E-state index contributed by atoms with van der Waals surface area (Å²) in [4.78, 5) is 29.6. The van der Waals surface area contributed by atoms with Crippen molar-refractivity contribution in [2.24, 2.45) is 5.92 Å². The van der Waals surface area contributed by atoms with Crippen molar-refractivity contribution in [2.75, 3.05) is 6.54 Å². The number of rotatable bonds is 3. The number of carbonyl (C=O) groups is 2. The second kappa shape index (κ2) is 6.01. The first-order valence-corrected chi connectivity index (χ1v) is 7.92. The zero-order valence-electron chi connectivity index (χ0n) is 12.5. The molecule has 116 valence electrons. The van der Waals surface area contributed by atoms with Gasteiger partial charge in [-0.25, -0.2) is 14.6 Å². The zero-order chi connectivity index (χ0) is 15.6. The van der Waals surface area contributed by atoms with Crippen molar-refractivity contribution in [2.45, 2.75) is 45.2 Å². The number of likely N-dealkylation sites (tertiary alicyclic amines) is 1. The summed E-state index contributed by atoms with van der Waals surface area (Å²) in [6.07, 6.45) is 3.35. The molecule has 2 atom stereocenters. The van der Waals surface area contributed by atoms with E-state index in [0.717, 1.165) is 17.8 Å². The predicted octanol–water partition coefficient (Wildman–Crippen LogP) is 2.27. The molecule has 2 N–H and O–H groups in total. The van der Waals surface area contributed by atoms with Crippen molar-refractivity contribution >= 4 is 23.3 Å². The first-order chi connectivity index (χ1) is 9.83. The number of piperidine rings is 1. The summed E-state index contributed by atoms with van der Waals surface area (Å²) in [5.74, 6) is -0.977. The largest absolute Gasteiger partial charge is 0.480 e. The van der Waals surface area contributed by atoms with Crippen LogP contribution in [0.1, 0.15) is 38.6 Å². The molecular formula is C14H21N3O3S. The van der Waals surface area contributed by atoms with Crippen LogP contribution in [0.5, 0.6) is 0 Å². The monoisotopic (exact) mass is 311 g/mol. The highest BCUT2D eigenvalue weighted by Gasteiger charge is 2.39. The van der Waals surface area contributed by atoms with Gasteiger partial charge in [0.15, 0.2) is 0 Å². The lowest BCUT2D eigenvalue weighted by Gasteiger charge is -2.39. The van der Waals surface area contributed by atoms with Gasteiger partial charge in [-0.05, 0) is 32.6 Å². The van der Waals surface area contributed by atoms with Crippen LogP contribution >= 0.6 is 11.3 Å². The third kappa shape index (κ3) is 3.34. The molecule has 2 heterocycles. The van der Waals surface area contributed by atoms with Crippen molar-refractivity contribution in [3.63, 3.8) is 0 Å². The van der Waals surface area contributed by atoms with Crippen LogP contribution in [0, 0.1) is 5.92 Å². The van der Waals surface area contributed by atoms with E-state index in [1.807, 2.05) is 26.2 Å². The topological polar surface area (TPSA) is 82.5 Å². The van der Waals surface area contributed by atoms with E-state index in [4.69, 9.17) is 0 Å². The third-order valence-electron chi connectivity index (χ3n) is 3.83. The molecule has 2 amide bonds. The van der Waals surface area contributed by atoms with E-state index in [2.05, 4.69) is 10.3 Å². The number of urea groups is 1. The van der Waals surface area contributed by atoms with Crippen molar-refractivity contribution in [3.05, 3.63) is 16.6 Å². The molecule has 0 aromatic carbocycles. The fourth-order valence-corrected chi connectivity index (χ4v) is 3.44. The molecule has 2 unspecified atom stereocenters. The fraction of sp³-hybridized carbons (Fsp3) is 0.643. The van der Waals surface area contributed by atoms with Gasteiger partial charge in [-0.15, -0.1) is 11.3 Å². The Morgan fingerprint density at radius 1 is 1.52 bits per heavy atom. The van der Waals surface area contributed by atoms with E-state index in [0.29, 0.717) is 6.54 Å². The minimum Gasteiger partial charge on any atom is -0.480 e. The van der Waals surface area contributed by atoms with E-state index in [1.165, 1.54) is 16.2 Å². The number of hydrogen-bond donors (Lipinski definition) is 2. The van der Waals surface area contributed by atoms with E-state index in [-0.39, 0.29) is 11.9 Å². The van der Waals surface area contributed by atoms with Crippen LogP contribution in [-0.4, -0.2) is 39.6 Å². The molecule has 0 saturated carbocycles. The molecule has 0 spiro atoms. The number of aliphatic carboxylic acids is 1. The Hall–Kier alpha value is -1.63. The van der Waals surface area contributed by atoms with Crippen LogP contribution in [0.4, 0.5) is 4.79 Å². The second-order valence-corrected chi connectivity index (χ2v) is 6.88. The normalized spacial score (nSPS) is 22.9. The average Bonchev–Trinajstić information content (AvgIpc) is 2.92. The smallest absolute Gasteiger partial charge is 0.326 e. The highest BCUT2D eigenvalue weighted by atomic mass is 32.1. The molecule has 1 saturated heterocycles. The summed E-state index contributed by atoms with van der Waals surface area (Å²) in [5.41, 5.74) is -0.616. The summed E-state index contributed by atoms with van der Waals surface area (Å²) < 4.78 is 0. The van der Waals surface area contributed by atoms with Gasteiger partial charge in [0.1, 0.15) is 11.0 Å². The standard InChI is InChI=1S/C14H21N3O3S/c1-9-5-4-7-17(10(9)11(18)19)13(20)16-14(2,3)12-15-6-8-21-12/h6,8-10H,4-5,7H2,1-3H3,(H,16,20)(H,18,19). The number of aromatic nitrogens is 1. The lowest BCUT2D eigenvalue weighted by molar-refractivity contribution is -0.145. The summed E-state index contributed by atoms with van der Waals surface area (Å²) in [5, 5.41) is 14.9. The van der Waals surface area contributed by atoms with Gasteiger partial charge in [0, 0.05) is 18.1 Å². The van der Waals surface area contributed by atoms with Gasteiger partial charge >= 0.3 is 12.0 Å². The molecule has 2 rings (SSSR count). The van der Waals surface area contributed by atoms with Crippen molar-refractivity contribution in [1.29, 1.82) is 0 Å². The Kier molecular flexibility index (Phi) is 4.51. The molecule has 0 radical (unpaired) electrons. The van der Waals surface area contributed by atoms with Gasteiger partial charge < -0.3 is 15.3 Å². The minimum absolute atomic E-state index is 0.0371. The number of nitrogens with zero attached hydrogens (tertiary/aromatic N) is 2. The summed E-state index contributed by atoms with van der Waals surface area (Å²) >= 11 is 1.47. The maximum atomic E-state index is 12.5. The van der Waals surface area contributed by atoms with Crippen LogP contribution in [0.3, 0.4) is 0 Å². The first-order valence-electron chi connectivity index (χ1n) is 7.04. The first kappa shape index (κ1) is 15.8. The Balaban J connectivity index is 2.13. The predicted molar refractivity (Wildman–Crippen MR) is 80.2 cm³/mol. The molecule has 6 nitrogen and oxygen atoms in total. The molecule has 1 aromatic heterocycles. The van der Waals surface area contributed by atoms with Crippen LogP contribution in [0.15, 0.2) is 11.6 Å². The van der Waals surface area contributed by atoms with Gasteiger partial charge in [0.2, 0.25) is 0 Å². The number of carbonyl (C=O) groups excluding carboxylic acids is 1. The molecule has 1 fully saturated rings. The molecule has 1 aliphatic rings. The SMILES string of the molecule is CC1CCCN(C(=O)NC(C)(C)c2nccs2)C1C(=O)O. The Morgan fingerprint density at radius 2 is 2.24 bits per heavy atom. The number of nitrogens with one attached hydrogen (secondary N) is 1. The van der Waals surface area contributed by atoms with Crippen LogP contribution in [-0.2, 0) is 10.3 Å². The number of hydrogen-bond acceptors (Lipinski definition) is 4. The van der Waals surface area contributed by atoms with Crippen molar-refractivity contribution < 1.29 is 14.7 Å². The maximum Gasteiger partial charge on any atom is 0.326 e. The van der Waals surface area contributed by atoms with Crippen LogP contribution in [0.2, 0.25) is 0 Å². The van der Waals surface area contributed by atoms with E-state index < -0.39 is 17.6 Å². The van der Waals surface area contributed by atoms with E-state index >= 15 is 0 Å². The molecular weight excluding hydrogens is 290 g/mol. The average molecular weight is 311 g/mol. The fourth-order valence-electron chi connectivity index (χ4n) is 2.72. The lowest BCUT2D eigenvalue weighted by Crippen LogP contribution is -2.57. The van der Waals surface area contributed by atoms with Gasteiger partial charge in [-0.1, -0.05) is 6.92 Å². The highest BCUT2D eigenvalue weighted by molar-refractivity contribution is 7.09. The van der Waals surface area contributed by atoms with Crippen molar-refractivity contribution in [1.82, 2.24) is 15.2 Å². The molecule has 21 heavy (non-hydrogen) atoms. The minimum atomic E-state index is -0.940. The Bertz CT molecular complexity index is 516. The third-order valence-corrected chi connectivity index (χ3v) is 4.93. The van der Waals surface area contributed by atoms with Gasteiger partial charge in [-0.2, -0.15) is 0 Å². The zero-order valence-corrected chi connectivity index (χ0v) is 13.3. The van der Waals surface area contributed by atoms with Gasteiger partial charge in [0.05, 0.1) is 5.54 Å². The lowest BCUT2D eigenvalue weighted by atomic mass is 9.91. The molecule has 7 heteroatoms. The molecule has 1 aromatic rings. The second-order valence-electron chi connectivity index (χ2n) is 5.99. The number of carboxylic acid groups (broad SMARTS) is 1. The van der Waals surface area contributed by atoms with Crippen molar-refractivity contribution in [3.8, 4) is 0 Å². The summed E-state index contributed by atoms with van der Waals surface area (Å²) in [6.45, 7) is 6.09. The number of amides is 2. The summed E-state index contributed by atoms with van der Waals surface area (Å²) in [7, 11) is 0. The van der Waals surface area contributed by atoms with Gasteiger partial charge in [-0.3, -0.25) is 0 Å². The quantitative estimate of drug-likeness (QED) is 0.897. The van der Waals surface area contributed by atoms with Crippen LogP contribution < -0.4 is 5.32 Å². The Morgan fingerprint density at radius 3 is 2.81 bits per heavy atom. The maximum absolute atomic E-state index is 12.5. The number of thiazole rings is 1. The molecule has 0 aliphatic carbocycles. The Labute approximate surface area is 128 Å². The van der Waals surface area contributed by atoms with Crippen LogP contribution in [0.25, 0.3) is 0 Å². The molecule has 0 bridgehead atoms. The highest BCUT2D eigenvalue weighted by Crippen LogP contribution is 2.26. The molecule has 1 aliphatic heterocycles. The summed E-state index contributed by atoms with van der Waals surface area (Å²) in [6, 6.07) is -1.10. The number of carboxylic acids is 1. The van der Waals surface area contributed by atoms with E-state index in [9.17, 15) is 14.7 Å². The van der Waals surface area contributed by atoms with Gasteiger partial charge in [0.25, 0.3) is 0 Å². The van der Waals surface area contributed by atoms with E-state index in [1.54, 1.807) is 6.20 Å².